The Balaban J connectivity index is 1.83. The summed E-state index contributed by atoms with van der Waals surface area (Å²) in [6, 6.07) is 17.7. The van der Waals surface area contributed by atoms with Crippen LogP contribution >= 0.6 is 0 Å². The second-order valence-electron chi connectivity index (χ2n) is 4.67. The lowest BCUT2D eigenvalue weighted by Gasteiger charge is -2.07. The topological polar surface area (TPSA) is 46.5 Å². The predicted octanol–water partition coefficient (Wildman–Crippen LogP) is 4.31. The molecule has 0 aliphatic heterocycles. The van der Waals surface area contributed by atoms with Crippen molar-refractivity contribution in [3.05, 3.63) is 65.7 Å². The van der Waals surface area contributed by atoms with Crippen LogP contribution in [0, 0.1) is 0 Å². The first kappa shape index (κ1) is 14.1. The Morgan fingerprint density at radius 2 is 1.55 bits per heavy atom. The molecule has 2 aromatic carbocycles. The van der Waals surface area contributed by atoms with Gasteiger partial charge in [0.1, 0.15) is 5.75 Å². The van der Waals surface area contributed by atoms with Crippen LogP contribution in [0.1, 0.15) is 24.0 Å². The van der Waals surface area contributed by atoms with E-state index >= 15 is 0 Å². The number of aryl methyl sites for hydroxylation is 2. The molecule has 2 aromatic rings. The van der Waals surface area contributed by atoms with Crippen molar-refractivity contribution in [2.45, 2.75) is 25.7 Å². The summed E-state index contributed by atoms with van der Waals surface area (Å²) in [6.07, 6.45) is 2.70. The van der Waals surface area contributed by atoms with Gasteiger partial charge in [0, 0.05) is 0 Å². The van der Waals surface area contributed by atoms with Gasteiger partial charge in [0.2, 0.25) is 0 Å². The number of carboxylic acid groups (broad SMARTS) is 1. The molecule has 2 rings (SSSR count). The lowest BCUT2D eigenvalue weighted by molar-refractivity contribution is 0.144. The van der Waals surface area contributed by atoms with E-state index < -0.39 is 6.16 Å². The van der Waals surface area contributed by atoms with E-state index in [9.17, 15) is 4.79 Å². The molecule has 0 heterocycles. The summed E-state index contributed by atoms with van der Waals surface area (Å²) in [4.78, 5) is 10.6. The largest absolute Gasteiger partial charge is 0.511 e. The highest BCUT2D eigenvalue weighted by atomic mass is 16.7. The molecule has 0 saturated carbocycles. The Bertz CT molecular complexity index is 549. The molecule has 0 aliphatic carbocycles. The van der Waals surface area contributed by atoms with Crippen LogP contribution < -0.4 is 4.74 Å². The summed E-state index contributed by atoms with van der Waals surface area (Å²) in [5.41, 5.74) is 2.28. The van der Waals surface area contributed by atoms with E-state index in [2.05, 4.69) is 12.1 Å². The van der Waals surface area contributed by atoms with Crippen molar-refractivity contribution < 1.29 is 14.6 Å². The van der Waals surface area contributed by atoms with E-state index in [1.165, 1.54) is 5.56 Å². The molecular weight excluding hydrogens is 252 g/mol. The Morgan fingerprint density at radius 3 is 2.30 bits per heavy atom. The van der Waals surface area contributed by atoms with Crippen LogP contribution in [0.15, 0.2) is 54.6 Å². The average Bonchev–Trinajstić information content (AvgIpc) is 2.46. The fraction of sp³-hybridized carbons (Fsp3) is 0.235. The van der Waals surface area contributed by atoms with Crippen molar-refractivity contribution in [1.82, 2.24) is 0 Å². The molecule has 0 radical (unpaired) electrons. The van der Waals surface area contributed by atoms with Crippen LogP contribution in [0.4, 0.5) is 4.79 Å². The van der Waals surface area contributed by atoms with Gasteiger partial charge in [-0.2, -0.15) is 0 Å². The lowest BCUT2D eigenvalue weighted by Crippen LogP contribution is -2.05. The molecule has 0 saturated heterocycles. The molecule has 104 valence electrons. The first-order valence-electron chi connectivity index (χ1n) is 6.78. The smallest absolute Gasteiger partial charge is 0.449 e. The van der Waals surface area contributed by atoms with Gasteiger partial charge in [-0.1, -0.05) is 48.5 Å². The highest BCUT2D eigenvalue weighted by Gasteiger charge is 2.06. The molecule has 0 amide bonds. The molecule has 0 atom stereocenters. The molecule has 20 heavy (non-hydrogen) atoms. The summed E-state index contributed by atoms with van der Waals surface area (Å²) in [7, 11) is 0. The maximum Gasteiger partial charge on any atom is 0.511 e. The third-order valence-corrected chi connectivity index (χ3v) is 3.17. The summed E-state index contributed by atoms with van der Waals surface area (Å²) < 4.78 is 4.78. The minimum Gasteiger partial charge on any atom is -0.449 e. The average molecular weight is 270 g/mol. The Kier molecular flexibility index (Phi) is 5.18. The monoisotopic (exact) mass is 270 g/mol. The molecule has 0 fully saturated rings. The van der Waals surface area contributed by atoms with Gasteiger partial charge < -0.3 is 9.84 Å². The fourth-order valence-corrected chi connectivity index (χ4v) is 2.19. The van der Waals surface area contributed by atoms with Gasteiger partial charge in [0.05, 0.1) is 0 Å². The van der Waals surface area contributed by atoms with Crippen molar-refractivity contribution in [3.8, 4) is 5.75 Å². The number of carbonyl (C=O) groups is 1. The molecule has 0 bridgehead atoms. The zero-order chi connectivity index (χ0) is 14.2. The van der Waals surface area contributed by atoms with E-state index in [-0.39, 0.29) is 0 Å². The quantitative estimate of drug-likeness (QED) is 0.483. The molecule has 3 nitrogen and oxygen atoms in total. The summed E-state index contributed by atoms with van der Waals surface area (Å²) in [5, 5.41) is 8.69. The lowest BCUT2D eigenvalue weighted by atomic mass is 10.0. The van der Waals surface area contributed by atoms with Crippen molar-refractivity contribution in [2.75, 3.05) is 0 Å². The molecule has 0 aliphatic rings. The van der Waals surface area contributed by atoms with Gasteiger partial charge in [-0.15, -0.1) is 0 Å². The Labute approximate surface area is 118 Å². The number of para-hydroxylation sites is 1. The third-order valence-electron chi connectivity index (χ3n) is 3.17. The van der Waals surface area contributed by atoms with Crippen LogP contribution in [0.5, 0.6) is 5.75 Å². The fourth-order valence-electron chi connectivity index (χ4n) is 2.19. The minimum atomic E-state index is -1.26. The van der Waals surface area contributed by atoms with Crippen LogP contribution in [-0.2, 0) is 12.8 Å². The third kappa shape index (κ3) is 4.43. The Hall–Kier alpha value is -2.29. The number of benzene rings is 2. The van der Waals surface area contributed by atoms with Crippen molar-refractivity contribution >= 4 is 6.16 Å². The maximum absolute atomic E-state index is 10.6. The normalized spacial score (nSPS) is 10.2. The first-order chi connectivity index (χ1) is 9.75. The maximum atomic E-state index is 10.6. The first-order valence-corrected chi connectivity index (χ1v) is 6.78. The van der Waals surface area contributed by atoms with E-state index in [4.69, 9.17) is 9.84 Å². The molecule has 0 aromatic heterocycles. The van der Waals surface area contributed by atoms with E-state index in [1.807, 2.05) is 30.3 Å². The van der Waals surface area contributed by atoms with Gasteiger partial charge in [0.15, 0.2) is 0 Å². The van der Waals surface area contributed by atoms with Gasteiger partial charge in [-0.05, 0) is 42.9 Å². The van der Waals surface area contributed by atoms with Crippen LogP contribution in [0.25, 0.3) is 0 Å². The minimum absolute atomic E-state index is 0.444. The zero-order valence-electron chi connectivity index (χ0n) is 11.3. The van der Waals surface area contributed by atoms with E-state index in [1.54, 1.807) is 12.1 Å². The molecule has 1 N–H and O–H groups in total. The molecule has 3 heteroatoms. The number of hydrogen-bond acceptors (Lipinski definition) is 2. The van der Waals surface area contributed by atoms with Crippen molar-refractivity contribution in [2.24, 2.45) is 0 Å². The molecule has 0 spiro atoms. The summed E-state index contributed by atoms with van der Waals surface area (Å²) >= 11 is 0. The van der Waals surface area contributed by atoms with Crippen molar-refractivity contribution in [1.29, 1.82) is 0 Å². The SMILES string of the molecule is O=C(O)Oc1ccccc1CCCCc1ccccc1. The number of unbranched alkanes of at least 4 members (excludes halogenated alkanes) is 1. The predicted molar refractivity (Wildman–Crippen MR) is 78.2 cm³/mol. The highest BCUT2D eigenvalue weighted by molar-refractivity contribution is 5.62. The van der Waals surface area contributed by atoms with Gasteiger partial charge in [-0.3, -0.25) is 0 Å². The molecular formula is C17H18O3. The Morgan fingerprint density at radius 1 is 0.900 bits per heavy atom. The zero-order valence-corrected chi connectivity index (χ0v) is 11.3. The number of rotatable bonds is 6. The van der Waals surface area contributed by atoms with Crippen LogP contribution in [-0.4, -0.2) is 11.3 Å². The van der Waals surface area contributed by atoms with Gasteiger partial charge >= 0.3 is 6.16 Å². The summed E-state index contributed by atoms with van der Waals surface area (Å²) in [5.74, 6) is 0.444. The van der Waals surface area contributed by atoms with E-state index in [0.29, 0.717) is 5.75 Å². The second-order valence-corrected chi connectivity index (χ2v) is 4.67. The van der Waals surface area contributed by atoms with Crippen LogP contribution in [0.3, 0.4) is 0 Å². The van der Waals surface area contributed by atoms with Gasteiger partial charge in [0.25, 0.3) is 0 Å². The standard InChI is InChI=1S/C17H18O3/c18-17(19)20-16-13-7-6-12-15(16)11-5-4-10-14-8-2-1-3-9-14/h1-3,6-9,12-13H,4-5,10-11H2,(H,18,19). The summed E-state index contributed by atoms with van der Waals surface area (Å²) in [6.45, 7) is 0. The van der Waals surface area contributed by atoms with Gasteiger partial charge in [-0.25, -0.2) is 4.79 Å². The highest BCUT2D eigenvalue weighted by Crippen LogP contribution is 2.20. The van der Waals surface area contributed by atoms with Crippen LogP contribution in [0.2, 0.25) is 0 Å². The number of hydrogen-bond donors (Lipinski definition) is 1. The number of ether oxygens (including phenoxy) is 1. The molecule has 0 unspecified atom stereocenters. The second kappa shape index (κ2) is 7.34. The van der Waals surface area contributed by atoms with Crippen molar-refractivity contribution in [3.63, 3.8) is 0 Å². The van der Waals surface area contributed by atoms with E-state index in [0.717, 1.165) is 31.2 Å².